The number of carbonyl (C=O) groups excluding carboxylic acids is 2. The summed E-state index contributed by atoms with van der Waals surface area (Å²) in [6.45, 7) is 0.950. The summed E-state index contributed by atoms with van der Waals surface area (Å²) in [4.78, 5) is 38.1. The summed E-state index contributed by atoms with van der Waals surface area (Å²) >= 11 is 0. The van der Waals surface area contributed by atoms with Crippen LogP contribution in [0.3, 0.4) is 0 Å². The third kappa shape index (κ3) is 4.18. The molecule has 0 saturated carbocycles. The number of amides is 2. The van der Waals surface area contributed by atoms with Crippen LogP contribution in [0, 0.1) is 0 Å². The molecule has 13 heteroatoms. The zero-order valence-corrected chi connectivity index (χ0v) is 18.1. The molecule has 174 valence electrons. The minimum absolute atomic E-state index is 0.0301. The van der Waals surface area contributed by atoms with Gasteiger partial charge in [-0.15, -0.1) is 0 Å². The predicted molar refractivity (Wildman–Crippen MR) is 121 cm³/mol. The number of fused-ring (bicyclic) bond motifs is 1. The van der Waals surface area contributed by atoms with E-state index in [2.05, 4.69) is 25.4 Å². The molecule has 1 aromatic carbocycles. The van der Waals surface area contributed by atoms with Gasteiger partial charge in [-0.05, 0) is 12.1 Å². The van der Waals surface area contributed by atoms with E-state index in [0.29, 0.717) is 47.3 Å². The molecule has 5 N–H and O–H groups in total. The van der Waals surface area contributed by atoms with Crippen molar-refractivity contribution in [2.45, 2.75) is 5.92 Å². The summed E-state index contributed by atoms with van der Waals surface area (Å²) in [6, 6.07) is 5.55. The van der Waals surface area contributed by atoms with Crippen LogP contribution in [0.1, 0.15) is 22.1 Å². The molecule has 4 heterocycles. The molecular formula is C21H21N9O4. The Morgan fingerprint density at radius 2 is 2.06 bits per heavy atom. The molecule has 0 atom stereocenters. The zero-order chi connectivity index (χ0) is 23.8. The second-order valence-corrected chi connectivity index (χ2v) is 7.87. The van der Waals surface area contributed by atoms with Crippen molar-refractivity contribution >= 4 is 40.4 Å². The molecular weight excluding hydrogens is 442 g/mol. The zero-order valence-electron chi connectivity index (χ0n) is 18.1. The van der Waals surface area contributed by atoms with Crippen LogP contribution in [-0.4, -0.2) is 56.2 Å². The van der Waals surface area contributed by atoms with Gasteiger partial charge in [0.2, 0.25) is 0 Å². The van der Waals surface area contributed by atoms with E-state index in [1.807, 2.05) is 4.90 Å². The lowest BCUT2D eigenvalue weighted by molar-refractivity contribution is -0.119. The first-order valence-electron chi connectivity index (χ1n) is 10.3. The number of aryl methyl sites for hydroxylation is 1. The lowest BCUT2D eigenvalue weighted by atomic mass is 9.97. The molecule has 13 nitrogen and oxygen atoms in total. The molecule has 0 aliphatic carbocycles. The summed E-state index contributed by atoms with van der Waals surface area (Å²) in [7, 11) is 1.78. The van der Waals surface area contributed by atoms with Crippen LogP contribution in [0.15, 0.2) is 41.2 Å². The van der Waals surface area contributed by atoms with Crippen LogP contribution >= 0.6 is 0 Å². The van der Waals surface area contributed by atoms with Crippen molar-refractivity contribution in [1.29, 1.82) is 0 Å². The smallest absolute Gasteiger partial charge is 0.298 e. The standard InChI is InChI=1S/C21H21N9O4/c1-29-9-12(5-25-29)26-20-18(19(23)32)27-15(6-24-20)11-7-30(8-11)21-28-14-3-2-13(4-16(14)34-21)33-10-17(22)31/h2-6,9,11H,7-8,10H2,1H3,(H2,22,31)(H2,23,32)(H,24,26). The van der Waals surface area contributed by atoms with E-state index in [0.717, 1.165) is 0 Å². The highest BCUT2D eigenvalue weighted by molar-refractivity contribution is 5.96. The number of anilines is 3. The molecule has 34 heavy (non-hydrogen) atoms. The van der Waals surface area contributed by atoms with Crippen molar-refractivity contribution in [2.24, 2.45) is 18.5 Å². The Hall–Kier alpha value is -4.68. The summed E-state index contributed by atoms with van der Waals surface area (Å²) in [5.74, 6) is -0.473. The monoisotopic (exact) mass is 463 g/mol. The van der Waals surface area contributed by atoms with E-state index in [1.54, 1.807) is 48.5 Å². The molecule has 1 saturated heterocycles. The van der Waals surface area contributed by atoms with E-state index in [9.17, 15) is 9.59 Å². The van der Waals surface area contributed by atoms with Gasteiger partial charge in [0.1, 0.15) is 11.3 Å². The van der Waals surface area contributed by atoms with Crippen LogP contribution < -0.4 is 26.4 Å². The van der Waals surface area contributed by atoms with Gasteiger partial charge in [0, 0.05) is 38.3 Å². The highest BCUT2D eigenvalue weighted by Gasteiger charge is 2.33. The second kappa shape index (κ2) is 8.35. The number of hydrogen-bond donors (Lipinski definition) is 3. The Labute approximate surface area is 192 Å². The van der Waals surface area contributed by atoms with Crippen molar-refractivity contribution in [1.82, 2.24) is 24.7 Å². The highest BCUT2D eigenvalue weighted by Crippen LogP contribution is 2.33. The Kier molecular flexibility index (Phi) is 5.20. The van der Waals surface area contributed by atoms with E-state index >= 15 is 0 Å². The minimum atomic E-state index is -0.676. The van der Waals surface area contributed by atoms with Gasteiger partial charge in [-0.3, -0.25) is 14.3 Å². The van der Waals surface area contributed by atoms with Gasteiger partial charge < -0.3 is 30.8 Å². The van der Waals surface area contributed by atoms with Crippen LogP contribution in [0.5, 0.6) is 5.75 Å². The molecule has 0 bridgehead atoms. The lowest BCUT2D eigenvalue weighted by Gasteiger charge is -2.37. The quantitative estimate of drug-likeness (QED) is 0.336. The van der Waals surface area contributed by atoms with Gasteiger partial charge in [0.05, 0.1) is 23.8 Å². The van der Waals surface area contributed by atoms with E-state index < -0.39 is 11.8 Å². The average Bonchev–Trinajstić information content (AvgIpc) is 3.37. The lowest BCUT2D eigenvalue weighted by Crippen LogP contribution is -2.45. The van der Waals surface area contributed by atoms with Crippen molar-refractivity contribution in [3.8, 4) is 5.75 Å². The number of oxazole rings is 1. The molecule has 0 spiro atoms. The summed E-state index contributed by atoms with van der Waals surface area (Å²) in [6.07, 6.45) is 4.98. The number of aromatic nitrogens is 5. The first kappa shape index (κ1) is 21.2. The molecule has 1 aliphatic rings. The number of nitrogens with two attached hydrogens (primary N) is 2. The Bertz CT molecular complexity index is 1390. The molecule has 5 rings (SSSR count). The molecule has 0 unspecified atom stereocenters. The maximum absolute atomic E-state index is 12.0. The van der Waals surface area contributed by atoms with Gasteiger partial charge in [0.15, 0.2) is 23.7 Å². The van der Waals surface area contributed by atoms with E-state index in [4.69, 9.17) is 20.6 Å². The number of ether oxygens (including phenoxy) is 1. The molecule has 1 fully saturated rings. The van der Waals surface area contributed by atoms with E-state index in [1.165, 1.54) is 0 Å². The third-order valence-electron chi connectivity index (χ3n) is 5.29. The van der Waals surface area contributed by atoms with Gasteiger partial charge in [-0.25, -0.2) is 9.97 Å². The van der Waals surface area contributed by atoms with E-state index in [-0.39, 0.29) is 24.0 Å². The topological polar surface area (TPSA) is 180 Å². The summed E-state index contributed by atoms with van der Waals surface area (Å²) in [5.41, 5.74) is 13.2. The SMILES string of the molecule is Cn1cc(Nc2ncc(C3CN(c4nc5ccc(OCC(N)=O)cc5o4)C3)nc2C(N)=O)cn1. The number of nitrogens with one attached hydrogen (secondary N) is 1. The van der Waals surface area contributed by atoms with Crippen LogP contribution in [0.4, 0.5) is 17.5 Å². The van der Waals surface area contributed by atoms with Crippen LogP contribution in [0.25, 0.3) is 11.1 Å². The van der Waals surface area contributed by atoms with Crippen molar-refractivity contribution < 1.29 is 18.7 Å². The number of benzene rings is 1. The third-order valence-corrected chi connectivity index (χ3v) is 5.29. The number of hydrogen-bond acceptors (Lipinski definition) is 10. The highest BCUT2D eigenvalue weighted by atomic mass is 16.5. The molecule has 4 aromatic rings. The first-order chi connectivity index (χ1) is 16.4. The number of carbonyl (C=O) groups is 2. The number of nitrogens with zero attached hydrogens (tertiary/aromatic N) is 6. The van der Waals surface area contributed by atoms with Gasteiger partial charge in [0.25, 0.3) is 17.8 Å². The summed E-state index contributed by atoms with van der Waals surface area (Å²) < 4.78 is 12.8. The normalized spacial score (nSPS) is 13.6. The second-order valence-electron chi connectivity index (χ2n) is 7.87. The summed E-state index contributed by atoms with van der Waals surface area (Å²) in [5, 5.41) is 7.09. The van der Waals surface area contributed by atoms with Crippen molar-refractivity contribution in [3.63, 3.8) is 0 Å². The molecule has 0 radical (unpaired) electrons. The Morgan fingerprint density at radius 3 is 2.76 bits per heavy atom. The van der Waals surface area contributed by atoms with Crippen molar-refractivity contribution in [3.05, 3.63) is 48.2 Å². The predicted octanol–water partition coefficient (Wildman–Crippen LogP) is 0.662. The maximum atomic E-state index is 12.0. The van der Waals surface area contributed by atoms with Gasteiger partial charge >= 0.3 is 0 Å². The maximum Gasteiger partial charge on any atom is 0.298 e. The number of rotatable bonds is 8. The first-order valence-corrected chi connectivity index (χ1v) is 10.3. The number of primary amides is 2. The Morgan fingerprint density at radius 1 is 1.24 bits per heavy atom. The fourth-order valence-electron chi connectivity index (χ4n) is 3.58. The average molecular weight is 463 g/mol. The largest absolute Gasteiger partial charge is 0.484 e. The molecule has 2 amide bonds. The van der Waals surface area contributed by atoms with Crippen LogP contribution in [0.2, 0.25) is 0 Å². The fraction of sp³-hybridized carbons (Fsp3) is 0.238. The fourth-order valence-corrected chi connectivity index (χ4v) is 3.58. The minimum Gasteiger partial charge on any atom is -0.484 e. The van der Waals surface area contributed by atoms with Gasteiger partial charge in [-0.2, -0.15) is 10.1 Å². The molecule has 3 aromatic heterocycles. The van der Waals surface area contributed by atoms with Crippen molar-refractivity contribution in [2.75, 3.05) is 29.9 Å². The molecule has 1 aliphatic heterocycles. The Balaban J connectivity index is 1.28. The van der Waals surface area contributed by atoms with Crippen LogP contribution in [-0.2, 0) is 11.8 Å². The van der Waals surface area contributed by atoms with Gasteiger partial charge in [-0.1, -0.05) is 0 Å².